The zero-order valence-corrected chi connectivity index (χ0v) is 25.9. The zero-order chi connectivity index (χ0) is 31.2. The quantitative estimate of drug-likeness (QED) is 0.194. The second-order valence-corrected chi connectivity index (χ2v) is 12.3. The lowest BCUT2D eigenvalue weighted by Crippen LogP contribution is -2.18. The second kappa shape index (κ2) is 11.3. The number of nitrogens with zero attached hydrogens (tertiary/aromatic N) is 2. The Morgan fingerprint density at radius 1 is 0.362 bits per heavy atom. The Balaban J connectivity index is 1.09. The topological polar surface area (TPSA) is 6.48 Å². The van der Waals surface area contributed by atoms with E-state index in [2.05, 4.69) is 192 Å². The molecule has 222 valence electrons. The van der Waals surface area contributed by atoms with Gasteiger partial charge in [0, 0.05) is 40.5 Å². The Labute approximate surface area is 275 Å². The van der Waals surface area contributed by atoms with Crippen LogP contribution in [0.4, 0.5) is 34.1 Å². The Morgan fingerprint density at radius 2 is 0.936 bits per heavy atom. The molecule has 47 heavy (non-hydrogen) atoms. The van der Waals surface area contributed by atoms with E-state index in [1.54, 1.807) is 0 Å². The van der Waals surface area contributed by atoms with Gasteiger partial charge in [0.15, 0.2) is 0 Å². The highest BCUT2D eigenvalue weighted by atomic mass is 15.2. The molecule has 0 radical (unpaired) electrons. The predicted octanol–water partition coefficient (Wildman–Crippen LogP) is 12.5. The van der Waals surface area contributed by atoms with Gasteiger partial charge in [-0.1, -0.05) is 115 Å². The van der Waals surface area contributed by atoms with Crippen molar-refractivity contribution in [3.63, 3.8) is 0 Å². The van der Waals surface area contributed by atoms with Gasteiger partial charge in [0.05, 0.1) is 0 Å². The number of rotatable bonds is 5. The van der Waals surface area contributed by atoms with Crippen LogP contribution in [0.25, 0.3) is 32.7 Å². The highest BCUT2D eigenvalue weighted by molar-refractivity contribution is 5.92. The second-order valence-electron chi connectivity index (χ2n) is 12.3. The lowest BCUT2D eigenvalue weighted by molar-refractivity contribution is 1.09. The lowest BCUT2D eigenvalue weighted by atomic mass is 9.92. The van der Waals surface area contributed by atoms with Crippen LogP contribution in [0.15, 0.2) is 182 Å². The molecule has 8 aromatic rings. The molecule has 1 aliphatic heterocycles. The third-order valence-electron chi connectivity index (χ3n) is 9.39. The fourth-order valence-electron chi connectivity index (χ4n) is 7.08. The third kappa shape index (κ3) is 4.92. The van der Waals surface area contributed by atoms with Crippen LogP contribution >= 0.6 is 0 Å². The van der Waals surface area contributed by atoms with Crippen molar-refractivity contribution in [2.45, 2.75) is 6.42 Å². The molecule has 0 atom stereocenters. The summed E-state index contributed by atoms with van der Waals surface area (Å²) < 4.78 is 0. The summed E-state index contributed by atoms with van der Waals surface area (Å²) in [5, 5.41) is 4.98. The van der Waals surface area contributed by atoms with Gasteiger partial charge in [0.25, 0.3) is 0 Å². The molecule has 2 heteroatoms. The summed E-state index contributed by atoms with van der Waals surface area (Å²) in [7, 11) is 0. The van der Waals surface area contributed by atoms with Gasteiger partial charge in [-0.2, -0.15) is 0 Å². The van der Waals surface area contributed by atoms with Crippen molar-refractivity contribution < 1.29 is 0 Å². The number of hydrogen-bond acceptors (Lipinski definition) is 2. The fourth-order valence-corrected chi connectivity index (χ4v) is 7.08. The van der Waals surface area contributed by atoms with Crippen LogP contribution in [0.2, 0.25) is 0 Å². The van der Waals surface area contributed by atoms with Crippen LogP contribution in [0.5, 0.6) is 0 Å². The number of hydrogen-bond donors (Lipinski definition) is 0. The number of benzene rings is 8. The monoisotopic (exact) mass is 600 g/mol. The summed E-state index contributed by atoms with van der Waals surface area (Å²) in [6.45, 7) is 0. The van der Waals surface area contributed by atoms with Crippen molar-refractivity contribution in [1.29, 1.82) is 0 Å². The highest BCUT2D eigenvalue weighted by Crippen LogP contribution is 2.45. The minimum absolute atomic E-state index is 0.908. The van der Waals surface area contributed by atoms with Crippen molar-refractivity contribution in [2.24, 2.45) is 0 Å². The van der Waals surface area contributed by atoms with E-state index < -0.39 is 0 Å². The largest absolute Gasteiger partial charge is 0.310 e. The van der Waals surface area contributed by atoms with E-state index in [0.717, 1.165) is 23.5 Å². The van der Waals surface area contributed by atoms with Crippen LogP contribution in [-0.4, -0.2) is 0 Å². The molecule has 0 N–H and O–H groups in total. The minimum Gasteiger partial charge on any atom is -0.310 e. The molecule has 0 fully saturated rings. The van der Waals surface area contributed by atoms with Crippen molar-refractivity contribution in [1.82, 2.24) is 0 Å². The first kappa shape index (κ1) is 27.2. The van der Waals surface area contributed by atoms with Gasteiger partial charge < -0.3 is 9.80 Å². The van der Waals surface area contributed by atoms with Gasteiger partial charge in [0.1, 0.15) is 0 Å². The van der Waals surface area contributed by atoms with Crippen molar-refractivity contribution >= 4 is 55.7 Å². The molecule has 9 rings (SSSR count). The van der Waals surface area contributed by atoms with Gasteiger partial charge in [-0.3, -0.25) is 0 Å². The van der Waals surface area contributed by atoms with Gasteiger partial charge >= 0.3 is 0 Å². The molecule has 0 saturated heterocycles. The first-order valence-electron chi connectivity index (χ1n) is 16.2. The van der Waals surface area contributed by atoms with Gasteiger partial charge in [-0.15, -0.1) is 0 Å². The summed E-state index contributed by atoms with van der Waals surface area (Å²) in [6, 6.07) is 66.0. The highest BCUT2D eigenvalue weighted by Gasteiger charge is 2.24. The molecule has 0 unspecified atom stereocenters. The minimum atomic E-state index is 0.908. The van der Waals surface area contributed by atoms with Crippen molar-refractivity contribution in [3.05, 3.63) is 193 Å². The summed E-state index contributed by atoms with van der Waals surface area (Å²) >= 11 is 0. The van der Waals surface area contributed by atoms with E-state index in [0.29, 0.717) is 0 Å². The molecule has 0 aliphatic carbocycles. The number of para-hydroxylation sites is 2. The maximum atomic E-state index is 2.43. The van der Waals surface area contributed by atoms with E-state index in [1.807, 2.05) is 0 Å². The molecule has 8 aromatic carbocycles. The molecule has 0 saturated carbocycles. The van der Waals surface area contributed by atoms with E-state index in [4.69, 9.17) is 0 Å². The van der Waals surface area contributed by atoms with Gasteiger partial charge in [-0.25, -0.2) is 0 Å². The van der Waals surface area contributed by atoms with Gasteiger partial charge in [-0.05, 0) is 111 Å². The molecule has 0 spiro atoms. The number of anilines is 6. The summed E-state index contributed by atoms with van der Waals surface area (Å²) in [5.41, 5.74) is 12.2. The molecular weight excluding hydrogens is 569 g/mol. The van der Waals surface area contributed by atoms with Crippen LogP contribution in [0.3, 0.4) is 0 Å². The SMILES string of the molecule is c1ccc(N(c2ccc(-c3ccc4c(c3)Cc3ccccc3N4c3ccc4ccccc4c3)cc2)c2ccc3ccccc3c2)cc1. The number of fused-ring (bicyclic) bond motifs is 4. The van der Waals surface area contributed by atoms with E-state index in [9.17, 15) is 0 Å². The third-order valence-corrected chi connectivity index (χ3v) is 9.39. The van der Waals surface area contributed by atoms with Crippen LogP contribution in [-0.2, 0) is 6.42 Å². The van der Waals surface area contributed by atoms with Crippen LogP contribution < -0.4 is 9.80 Å². The molecule has 0 amide bonds. The maximum Gasteiger partial charge on any atom is 0.0497 e. The molecule has 1 heterocycles. The van der Waals surface area contributed by atoms with Crippen molar-refractivity contribution in [3.8, 4) is 11.1 Å². The fraction of sp³-hybridized carbons (Fsp3) is 0.0222. The molecular formula is C45H32N2. The van der Waals surface area contributed by atoms with E-state index in [1.165, 1.54) is 60.9 Å². The summed E-state index contributed by atoms with van der Waals surface area (Å²) in [4.78, 5) is 4.76. The Hall–Kier alpha value is -6.12. The average Bonchev–Trinajstić information content (AvgIpc) is 3.14. The smallest absolute Gasteiger partial charge is 0.0497 e. The standard InChI is InChI=1S/C45H32N2/c1-2-15-40(16-3-1)46(42-25-20-32-10-4-6-12-35(32)30-42)41-23-18-34(19-24-41)37-22-27-45-39(28-37)29-38-14-8-9-17-44(38)47(45)43-26-21-33-11-5-7-13-36(33)31-43/h1-28,30-31H,29H2. The van der Waals surface area contributed by atoms with Crippen LogP contribution in [0, 0.1) is 0 Å². The lowest BCUT2D eigenvalue weighted by Gasteiger charge is -2.34. The summed E-state index contributed by atoms with van der Waals surface area (Å²) in [5.74, 6) is 0. The first-order valence-corrected chi connectivity index (χ1v) is 16.2. The predicted molar refractivity (Wildman–Crippen MR) is 199 cm³/mol. The molecule has 2 nitrogen and oxygen atoms in total. The molecule has 1 aliphatic rings. The Bertz CT molecular complexity index is 2390. The van der Waals surface area contributed by atoms with E-state index in [-0.39, 0.29) is 0 Å². The normalized spacial score (nSPS) is 12.1. The molecule has 0 aromatic heterocycles. The van der Waals surface area contributed by atoms with Gasteiger partial charge in [0.2, 0.25) is 0 Å². The Morgan fingerprint density at radius 3 is 1.72 bits per heavy atom. The Kier molecular flexibility index (Phi) is 6.57. The van der Waals surface area contributed by atoms with Crippen LogP contribution in [0.1, 0.15) is 11.1 Å². The zero-order valence-electron chi connectivity index (χ0n) is 25.9. The summed E-state index contributed by atoms with van der Waals surface area (Å²) in [6.07, 6.45) is 0.908. The van der Waals surface area contributed by atoms with E-state index >= 15 is 0 Å². The first-order chi connectivity index (χ1) is 23.3. The van der Waals surface area contributed by atoms with Crippen molar-refractivity contribution in [2.75, 3.05) is 9.80 Å². The average molecular weight is 601 g/mol. The molecule has 0 bridgehead atoms. The maximum absolute atomic E-state index is 2.43.